The van der Waals surface area contributed by atoms with E-state index in [0.717, 1.165) is 12.1 Å². The van der Waals surface area contributed by atoms with Crippen LogP contribution in [0.5, 0.6) is 0 Å². The number of hydrogen-bond acceptors (Lipinski definition) is 4. The molecular weight excluding hydrogens is 283 g/mol. The van der Waals surface area contributed by atoms with Crippen LogP contribution in [0.3, 0.4) is 0 Å². The largest absolute Gasteiger partial charge is 0.416 e. The lowest BCUT2D eigenvalue weighted by Crippen LogP contribution is -2.33. The van der Waals surface area contributed by atoms with Gasteiger partial charge in [-0.25, -0.2) is 4.98 Å². The smallest absolute Gasteiger partial charge is 0.396 e. The van der Waals surface area contributed by atoms with Crippen LogP contribution in [0.25, 0.3) is 0 Å². The minimum atomic E-state index is -4.42. The highest BCUT2D eigenvalue weighted by Gasteiger charge is 2.32. The van der Waals surface area contributed by atoms with E-state index in [2.05, 4.69) is 10.3 Å². The molecule has 0 fully saturated rings. The second kappa shape index (κ2) is 7.49. The predicted molar refractivity (Wildman–Crippen MR) is 77.6 cm³/mol. The molecule has 0 saturated carbocycles. The molecular formula is C14H22F3N3O. The third-order valence-electron chi connectivity index (χ3n) is 2.97. The van der Waals surface area contributed by atoms with Crippen LogP contribution < -0.4 is 10.2 Å². The maximum absolute atomic E-state index is 13.0. The maximum atomic E-state index is 13.0. The summed E-state index contributed by atoms with van der Waals surface area (Å²) in [6.45, 7) is 6.49. The number of halogens is 3. The minimum absolute atomic E-state index is 0.0117. The summed E-state index contributed by atoms with van der Waals surface area (Å²) in [5, 5.41) is 11.8. The van der Waals surface area contributed by atoms with Crippen molar-refractivity contribution >= 4 is 11.6 Å². The number of aliphatic hydroxyl groups excluding tert-OH is 1. The van der Waals surface area contributed by atoms with Gasteiger partial charge in [0, 0.05) is 25.7 Å². The van der Waals surface area contributed by atoms with Gasteiger partial charge in [0.25, 0.3) is 0 Å². The first-order chi connectivity index (χ1) is 9.79. The van der Waals surface area contributed by atoms with Crippen molar-refractivity contribution in [2.45, 2.75) is 39.4 Å². The molecule has 0 aliphatic carbocycles. The Balaban J connectivity index is 3.21. The average Bonchev–Trinajstić information content (AvgIpc) is 2.38. The zero-order valence-corrected chi connectivity index (χ0v) is 12.5. The van der Waals surface area contributed by atoms with Gasteiger partial charge in [-0.3, -0.25) is 0 Å². The van der Waals surface area contributed by atoms with Crippen LogP contribution in [0, 0.1) is 0 Å². The van der Waals surface area contributed by atoms with Crippen LogP contribution in [-0.4, -0.2) is 35.8 Å². The molecule has 1 aromatic heterocycles. The molecule has 0 atom stereocenters. The highest BCUT2D eigenvalue weighted by Crippen LogP contribution is 2.33. The summed E-state index contributed by atoms with van der Waals surface area (Å²) < 4.78 is 39.0. The van der Waals surface area contributed by atoms with Gasteiger partial charge in [0.1, 0.15) is 11.6 Å². The van der Waals surface area contributed by atoms with Gasteiger partial charge < -0.3 is 15.3 Å². The van der Waals surface area contributed by atoms with Gasteiger partial charge in [-0.05, 0) is 39.3 Å². The molecule has 1 heterocycles. The summed E-state index contributed by atoms with van der Waals surface area (Å²) in [6.07, 6.45) is -3.94. The van der Waals surface area contributed by atoms with Crippen molar-refractivity contribution in [3.63, 3.8) is 0 Å². The Morgan fingerprint density at radius 2 is 2.00 bits per heavy atom. The summed E-state index contributed by atoms with van der Waals surface area (Å²) in [5.41, 5.74) is -0.724. The van der Waals surface area contributed by atoms with Crippen molar-refractivity contribution in [1.29, 1.82) is 0 Å². The van der Waals surface area contributed by atoms with Crippen molar-refractivity contribution in [3.8, 4) is 0 Å². The number of alkyl halides is 3. The summed E-state index contributed by atoms with van der Waals surface area (Å²) in [7, 11) is 0. The summed E-state index contributed by atoms with van der Waals surface area (Å²) >= 11 is 0. The van der Waals surface area contributed by atoms with E-state index >= 15 is 0 Å². The van der Waals surface area contributed by atoms with E-state index in [-0.39, 0.29) is 24.3 Å². The van der Waals surface area contributed by atoms with Crippen LogP contribution in [0.15, 0.2) is 12.1 Å². The Kier molecular flexibility index (Phi) is 6.26. The molecule has 1 rings (SSSR count). The van der Waals surface area contributed by atoms with Gasteiger partial charge >= 0.3 is 6.18 Å². The van der Waals surface area contributed by atoms with E-state index in [1.807, 2.05) is 13.8 Å². The third-order valence-corrected chi connectivity index (χ3v) is 2.97. The van der Waals surface area contributed by atoms with E-state index in [0.29, 0.717) is 19.5 Å². The second-order valence-corrected chi connectivity index (χ2v) is 4.99. The molecule has 0 saturated heterocycles. The molecule has 0 unspecified atom stereocenters. The van der Waals surface area contributed by atoms with Gasteiger partial charge in [-0.1, -0.05) is 0 Å². The molecule has 4 nitrogen and oxygen atoms in total. The van der Waals surface area contributed by atoms with E-state index in [1.54, 1.807) is 11.8 Å². The van der Waals surface area contributed by atoms with Crippen molar-refractivity contribution in [1.82, 2.24) is 4.98 Å². The molecule has 21 heavy (non-hydrogen) atoms. The van der Waals surface area contributed by atoms with Gasteiger partial charge in [-0.15, -0.1) is 0 Å². The Morgan fingerprint density at radius 3 is 2.48 bits per heavy atom. The van der Waals surface area contributed by atoms with Crippen LogP contribution in [0.1, 0.15) is 32.8 Å². The molecule has 7 heteroatoms. The van der Waals surface area contributed by atoms with Gasteiger partial charge in [0.05, 0.1) is 5.56 Å². The average molecular weight is 305 g/mol. The van der Waals surface area contributed by atoms with Gasteiger partial charge in [-0.2, -0.15) is 13.2 Å². The zero-order valence-electron chi connectivity index (χ0n) is 12.5. The molecule has 0 aromatic carbocycles. The predicted octanol–water partition coefficient (Wildman–Crippen LogP) is 3.13. The maximum Gasteiger partial charge on any atom is 0.416 e. The van der Waals surface area contributed by atoms with E-state index < -0.39 is 11.7 Å². The second-order valence-electron chi connectivity index (χ2n) is 4.99. The standard InChI is InChI=1S/C14H22F3N3O/c1-4-18-12-8-11(14(15,16)17)9-13(19-12)20(10(2)3)6-5-7-21/h8-10,21H,4-7H2,1-3H3,(H,18,19). The minimum Gasteiger partial charge on any atom is -0.396 e. The number of nitrogens with one attached hydrogen (secondary N) is 1. The number of aromatic nitrogens is 1. The molecule has 2 N–H and O–H groups in total. The lowest BCUT2D eigenvalue weighted by molar-refractivity contribution is -0.137. The topological polar surface area (TPSA) is 48.4 Å². The third kappa shape index (κ3) is 5.08. The van der Waals surface area contributed by atoms with E-state index in [9.17, 15) is 13.2 Å². The monoisotopic (exact) mass is 305 g/mol. The Morgan fingerprint density at radius 1 is 1.33 bits per heavy atom. The van der Waals surface area contributed by atoms with Crippen molar-refractivity contribution < 1.29 is 18.3 Å². The van der Waals surface area contributed by atoms with E-state index in [4.69, 9.17) is 5.11 Å². The van der Waals surface area contributed by atoms with Crippen molar-refractivity contribution in [2.75, 3.05) is 29.9 Å². The lowest BCUT2D eigenvalue weighted by atomic mass is 10.2. The number of aliphatic hydroxyl groups is 1. The van der Waals surface area contributed by atoms with Crippen LogP contribution in [-0.2, 0) is 6.18 Å². The number of nitrogens with zero attached hydrogens (tertiary/aromatic N) is 2. The number of rotatable bonds is 7. The molecule has 0 spiro atoms. The number of pyridine rings is 1. The molecule has 120 valence electrons. The molecule has 1 aromatic rings. The molecule has 0 aliphatic rings. The highest BCUT2D eigenvalue weighted by molar-refractivity contribution is 5.51. The first-order valence-electron chi connectivity index (χ1n) is 7.00. The Hall–Kier alpha value is -1.50. The first-order valence-corrected chi connectivity index (χ1v) is 7.00. The molecule has 0 amide bonds. The fraction of sp³-hybridized carbons (Fsp3) is 0.643. The number of anilines is 2. The number of hydrogen-bond donors (Lipinski definition) is 2. The lowest BCUT2D eigenvalue weighted by Gasteiger charge is -2.28. The SMILES string of the molecule is CCNc1cc(C(F)(F)F)cc(N(CCCO)C(C)C)n1. The van der Waals surface area contributed by atoms with Crippen molar-refractivity contribution in [2.24, 2.45) is 0 Å². The normalized spacial score (nSPS) is 11.8. The Bertz CT molecular complexity index is 450. The quantitative estimate of drug-likeness (QED) is 0.812. The summed E-state index contributed by atoms with van der Waals surface area (Å²) in [4.78, 5) is 6.00. The summed E-state index contributed by atoms with van der Waals surface area (Å²) in [6, 6.07) is 2.05. The Labute approximate surface area is 123 Å². The van der Waals surface area contributed by atoms with E-state index in [1.165, 1.54) is 0 Å². The fourth-order valence-corrected chi connectivity index (χ4v) is 1.98. The van der Waals surface area contributed by atoms with Crippen molar-refractivity contribution in [3.05, 3.63) is 17.7 Å². The highest BCUT2D eigenvalue weighted by atomic mass is 19.4. The molecule has 0 aliphatic heterocycles. The van der Waals surface area contributed by atoms with Crippen LogP contribution in [0.2, 0.25) is 0 Å². The molecule has 0 radical (unpaired) electrons. The van der Waals surface area contributed by atoms with Crippen LogP contribution in [0.4, 0.5) is 24.8 Å². The zero-order chi connectivity index (χ0) is 16.0. The summed E-state index contributed by atoms with van der Waals surface area (Å²) in [5.74, 6) is 0.473. The first kappa shape index (κ1) is 17.6. The molecule has 0 bridgehead atoms. The fourth-order valence-electron chi connectivity index (χ4n) is 1.98. The van der Waals surface area contributed by atoms with Gasteiger partial charge in [0.2, 0.25) is 0 Å². The van der Waals surface area contributed by atoms with Crippen LogP contribution >= 0.6 is 0 Å². The van der Waals surface area contributed by atoms with Gasteiger partial charge in [0.15, 0.2) is 0 Å².